The molecular formula is C52H31N3S. The molecule has 0 atom stereocenters. The molecule has 3 nitrogen and oxygen atoms in total. The first kappa shape index (κ1) is 32.4. The van der Waals surface area contributed by atoms with Gasteiger partial charge < -0.3 is 0 Å². The molecule has 0 saturated heterocycles. The highest BCUT2D eigenvalue weighted by Crippen LogP contribution is 2.63. The van der Waals surface area contributed by atoms with E-state index in [2.05, 4.69) is 158 Å². The van der Waals surface area contributed by atoms with E-state index in [4.69, 9.17) is 9.97 Å². The number of aromatic nitrogens is 2. The normalized spacial score (nSPS) is 13.1. The van der Waals surface area contributed by atoms with Gasteiger partial charge in [-0.3, -0.25) is 0 Å². The lowest BCUT2D eigenvalue weighted by Gasteiger charge is -2.40. The van der Waals surface area contributed by atoms with E-state index in [0.29, 0.717) is 11.4 Å². The second-order valence-electron chi connectivity index (χ2n) is 14.4. The van der Waals surface area contributed by atoms with E-state index < -0.39 is 5.41 Å². The summed E-state index contributed by atoms with van der Waals surface area (Å²) in [6.07, 6.45) is 0. The highest BCUT2D eigenvalue weighted by molar-refractivity contribution is 7.99. The van der Waals surface area contributed by atoms with Gasteiger partial charge in [0.25, 0.3) is 0 Å². The van der Waals surface area contributed by atoms with Crippen LogP contribution >= 0.6 is 11.8 Å². The first-order valence-corrected chi connectivity index (χ1v) is 19.6. The summed E-state index contributed by atoms with van der Waals surface area (Å²) in [4.78, 5) is 13.0. The molecule has 9 aromatic rings. The summed E-state index contributed by atoms with van der Waals surface area (Å²) in [5.41, 5.74) is 14.5. The zero-order valence-electron chi connectivity index (χ0n) is 30.1. The van der Waals surface area contributed by atoms with Crippen LogP contribution in [0, 0.1) is 11.3 Å². The van der Waals surface area contributed by atoms with E-state index >= 15 is 0 Å². The van der Waals surface area contributed by atoms with Crippen molar-refractivity contribution in [3.63, 3.8) is 0 Å². The highest BCUT2D eigenvalue weighted by Gasteiger charge is 2.50. The van der Waals surface area contributed by atoms with Gasteiger partial charge in [-0.15, -0.1) is 0 Å². The molecule has 1 aromatic heterocycles. The Labute approximate surface area is 329 Å². The van der Waals surface area contributed by atoms with Gasteiger partial charge in [-0.2, -0.15) is 5.26 Å². The Hall–Kier alpha value is -7.06. The third-order valence-corrected chi connectivity index (χ3v) is 12.5. The summed E-state index contributed by atoms with van der Waals surface area (Å²) in [7, 11) is 0. The van der Waals surface area contributed by atoms with Crippen molar-refractivity contribution < 1.29 is 0 Å². The van der Waals surface area contributed by atoms with Crippen LogP contribution in [0.15, 0.2) is 198 Å². The Kier molecular flexibility index (Phi) is 7.38. The Morgan fingerprint density at radius 1 is 0.429 bits per heavy atom. The predicted octanol–water partition coefficient (Wildman–Crippen LogP) is 13.0. The number of hydrogen-bond donors (Lipinski definition) is 0. The minimum atomic E-state index is -0.588. The van der Waals surface area contributed by atoms with Crippen molar-refractivity contribution in [1.29, 1.82) is 5.26 Å². The largest absolute Gasteiger partial charge is 0.228 e. The quantitative estimate of drug-likeness (QED) is 0.181. The first-order chi connectivity index (χ1) is 27.7. The summed E-state index contributed by atoms with van der Waals surface area (Å²) < 4.78 is 0. The highest BCUT2D eigenvalue weighted by atomic mass is 32.2. The molecule has 0 amide bonds. The molecule has 0 unspecified atom stereocenters. The Bertz CT molecular complexity index is 3040. The lowest BCUT2D eigenvalue weighted by Crippen LogP contribution is -2.32. The van der Waals surface area contributed by atoms with E-state index in [1.54, 1.807) is 0 Å². The fourth-order valence-electron chi connectivity index (χ4n) is 8.90. The fraction of sp³-hybridized carbons (Fsp3) is 0.0192. The Morgan fingerprint density at radius 2 is 1.02 bits per heavy atom. The van der Waals surface area contributed by atoms with Crippen LogP contribution in [-0.2, 0) is 5.41 Å². The molecule has 2 aliphatic rings. The summed E-state index contributed by atoms with van der Waals surface area (Å²) >= 11 is 1.84. The van der Waals surface area contributed by atoms with E-state index in [-0.39, 0.29) is 0 Å². The average Bonchev–Trinajstić information content (AvgIpc) is 3.55. The topological polar surface area (TPSA) is 49.6 Å². The maximum absolute atomic E-state index is 9.77. The van der Waals surface area contributed by atoms with Crippen molar-refractivity contribution in [2.75, 3.05) is 0 Å². The molecule has 260 valence electrons. The molecule has 56 heavy (non-hydrogen) atoms. The monoisotopic (exact) mass is 729 g/mol. The molecule has 2 heterocycles. The van der Waals surface area contributed by atoms with Crippen LogP contribution in [0.3, 0.4) is 0 Å². The van der Waals surface area contributed by atoms with Crippen LogP contribution < -0.4 is 0 Å². The maximum atomic E-state index is 9.77. The van der Waals surface area contributed by atoms with Gasteiger partial charge in [0, 0.05) is 26.5 Å². The van der Waals surface area contributed by atoms with E-state index in [9.17, 15) is 5.26 Å². The number of nitrogens with zero attached hydrogens (tertiary/aromatic N) is 3. The van der Waals surface area contributed by atoms with Crippen LogP contribution in [0.2, 0.25) is 0 Å². The van der Waals surface area contributed by atoms with Gasteiger partial charge >= 0.3 is 0 Å². The Morgan fingerprint density at radius 3 is 1.79 bits per heavy atom. The molecule has 11 rings (SSSR count). The van der Waals surface area contributed by atoms with Crippen molar-refractivity contribution >= 4 is 22.5 Å². The lowest BCUT2D eigenvalue weighted by atomic mass is 9.67. The smallest absolute Gasteiger partial charge is 0.160 e. The zero-order valence-corrected chi connectivity index (χ0v) is 31.0. The van der Waals surface area contributed by atoms with Gasteiger partial charge in [0.1, 0.15) is 0 Å². The summed E-state index contributed by atoms with van der Waals surface area (Å²) in [6.45, 7) is 0. The van der Waals surface area contributed by atoms with Crippen molar-refractivity contribution in [2.45, 2.75) is 15.2 Å². The van der Waals surface area contributed by atoms with E-state index in [1.165, 1.54) is 48.6 Å². The maximum Gasteiger partial charge on any atom is 0.160 e. The molecule has 8 aromatic carbocycles. The summed E-state index contributed by atoms with van der Waals surface area (Å²) in [5.74, 6) is 0.693. The average molecular weight is 730 g/mol. The van der Waals surface area contributed by atoms with Gasteiger partial charge in [-0.25, -0.2) is 9.97 Å². The molecule has 4 heteroatoms. The van der Waals surface area contributed by atoms with Crippen molar-refractivity contribution in [2.24, 2.45) is 0 Å². The SMILES string of the molecule is N#Cc1cccc(-c2ccc3c(c2)C2(c4ccccc4Sc4ccccc42)c2cc(-c4cc(-c5cccc6ccccc56)nc(-c5ccccc5)n4)ccc2-3)c1. The number of rotatable bonds is 4. The molecule has 0 N–H and O–H groups in total. The first-order valence-electron chi connectivity index (χ1n) is 18.8. The molecule has 0 radical (unpaired) electrons. The lowest BCUT2D eigenvalue weighted by molar-refractivity contribution is 0.723. The van der Waals surface area contributed by atoms with Crippen molar-refractivity contribution in [1.82, 2.24) is 9.97 Å². The molecular weight excluding hydrogens is 699 g/mol. The van der Waals surface area contributed by atoms with Gasteiger partial charge in [-0.1, -0.05) is 157 Å². The van der Waals surface area contributed by atoms with Crippen LogP contribution in [-0.4, -0.2) is 9.97 Å². The number of nitriles is 1. The molecule has 1 aliphatic heterocycles. The van der Waals surface area contributed by atoms with Crippen LogP contribution in [0.5, 0.6) is 0 Å². The molecule has 1 spiro atoms. The van der Waals surface area contributed by atoms with E-state index in [0.717, 1.165) is 44.6 Å². The minimum absolute atomic E-state index is 0.588. The second kappa shape index (κ2) is 12.8. The van der Waals surface area contributed by atoms with Crippen molar-refractivity contribution in [3.05, 3.63) is 216 Å². The minimum Gasteiger partial charge on any atom is -0.228 e. The number of hydrogen-bond acceptors (Lipinski definition) is 4. The standard InChI is InChI=1S/C52H31N3S/c53-32-33-12-10-17-36(28-33)37-24-26-40-41-27-25-38(30-46(41)52(45(40)29-37)43-20-6-8-22-49(43)56-50-23-9-7-21-44(50)52)47-31-48(55-51(54-47)35-14-2-1-3-15-35)42-19-11-16-34-13-4-5-18-39(34)42/h1-31H. The fourth-order valence-corrected chi connectivity index (χ4v) is 10.1. The van der Waals surface area contributed by atoms with E-state index in [1.807, 2.05) is 48.2 Å². The third-order valence-electron chi connectivity index (χ3n) is 11.4. The Balaban J connectivity index is 1.19. The molecule has 0 saturated carbocycles. The van der Waals surface area contributed by atoms with Crippen LogP contribution in [0.25, 0.3) is 66.9 Å². The molecule has 1 aliphatic carbocycles. The zero-order chi connectivity index (χ0) is 37.2. The predicted molar refractivity (Wildman–Crippen MR) is 227 cm³/mol. The number of fused-ring (bicyclic) bond motifs is 10. The third kappa shape index (κ3) is 4.92. The van der Waals surface area contributed by atoms with Crippen molar-refractivity contribution in [3.8, 4) is 62.2 Å². The molecule has 0 bridgehead atoms. The van der Waals surface area contributed by atoms with Gasteiger partial charge in [0.05, 0.1) is 28.4 Å². The van der Waals surface area contributed by atoms with Gasteiger partial charge in [0.15, 0.2) is 5.82 Å². The van der Waals surface area contributed by atoms with Gasteiger partial charge in [0.2, 0.25) is 0 Å². The van der Waals surface area contributed by atoms with Crippen LogP contribution in [0.1, 0.15) is 27.8 Å². The summed E-state index contributed by atoms with van der Waals surface area (Å²) in [6, 6.07) is 69.1. The summed E-state index contributed by atoms with van der Waals surface area (Å²) in [5, 5.41) is 12.1. The van der Waals surface area contributed by atoms with Crippen LogP contribution in [0.4, 0.5) is 0 Å². The molecule has 0 fully saturated rings. The van der Waals surface area contributed by atoms with Gasteiger partial charge in [-0.05, 0) is 97.7 Å². The number of benzene rings is 8. The second-order valence-corrected chi connectivity index (χ2v) is 15.5.